The Labute approximate surface area is 94.3 Å². The zero-order valence-corrected chi connectivity index (χ0v) is 8.65. The van der Waals surface area contributed by atoms with Gasteiger partial charge in [-0.15, -0.1) is 0 Å². The molecule has 84 valence electrons. The molecule has 0 radical (unpaired) electrons. The van der Waals surface area contributed by atoms with Crippen LogP contribution in [0.3, 0.4) is 0 Å². The normalized spacial score (nSPS) is 10.8. The quantitative estimate of drug-likeness (QED) is 0.569. The van der Waals surface area contributed by atoms with Crippen molar-refractivity contribution in [3.05, 3.63) is 51.3 Å². The molecule has 2 heterocycles. The van der Waals surface area contributed by atoms with Crippen LogP contribution >= 0.6 is 0 Å². The number of nitrogens with one attached hydrogen (secondary N) is 3. The zero-order chi connectivity index (χ0) is 11.8. The Kier molecular flexibility index (Phi) is 1.94. The number of aromatic nitrogens is 4. The molecule has 6 nitrogen and oxygen atoms in total. The highest BCUT2D eigenvalue weighted by Crippen LogP contribution is 2.22. The number of fused-ring (bicyclic) bond motifs is 1. The molecule has 0 aliphatic carbocycles. The fraction of sp³-hybridized carbons (Fsp3) is 0. The van der Waals surface area contributed by atoms with Crippen molar-refractivity contribution in [3.63, 3.8) is 0 Å². The van der Waals surface area contributed by atoms with E-state index in [9.17, 15) is 9.59 Å². The Morgan fingerprint density at radius 3 is 2.76 bits per heavy atom. The van der Waals surface area contributed by atoms with Crippen molar-refractivity contribution in [1.82, 2.24) is 20.2 Å². The molecule has 3 N–H and O–H groups in total. The third-order valence-electron chi connectivity index (χ3n) is 2.54. The number of H-pyrrole nitrogens is 3. The maximum Gasteiger partial charge on any atom is 0.325 e. The molecule has 0 saturated heterocycles. The molecule has 0 fully saturated rings. The molecule has 0 saturated carbocycles. The lowest BCUT2D eigenvalue weighted by Gasteiger charge is -1.95. The first-order chi connectivity index (χ1) is 8.25. The van der Waals surface area contributed by atoms with Gasteiger partial charge in [0, 0.05) is 11.6 Å². The maximum atomic E-state index is 11.7. The van der Waals surface area contributed by atoms with E-state index in [1.54, 1.807) is 0 Å². The minimum Gasteiger partial charge on any atom is -0.313 e. The topological polar surface area (TPSA) is 94.4 Å². The molecule has 3 aromatic rings. The summed E-state index contributed by atoms with van der Waals surface area (Å²) in [5, 5.41) is 7.76. The second-order valence-corrected chi connectivity index (χ2v) is 3.60. The average Bonchev–Trinajstić information content (AvgIpc) is 2.73. The minimum absolute atomic E-state index is 0.335. The molecule has 6 heteroatoms. The van der Waals surface area contributed by atoms with Gasteiger partial charge in [0.05, 0.1) is 11.1 Å². The van der Waals surface area contributed by atoms with E-state index < -0.39 is 11.2 Å². The van der Waals surface area contributed by atoms with Crippen LogP contribution in [-0.4, -0.2) is 20.2 Å². The number of nitrogens with zero attached hydrogens (tertiary/aromatic N) is 1. The van der Waals surface area contributed by atoms with Crippen LogP contribution in [-0.2, 0) is 0 Å². The average molecular weight is 228 g/mol. The van der Waals surface area contributed by atoms with Gasteiger partial charge in [-0.25, -0.2) is 4.79 Å². The van der Waals surface area contributed by atoms with E-state index in [4.69, 9.17) is 0 Å². The summed E-state index contributed by atoms with van der Waals surface area (Å²) in [5.41, 5.74) is 0.720. The Bertz CT molecular complexity index is 797. The van der Waals surface area contributed by atoms with E-state index in [-0.39, 0.29) is 0 Å². The van der Waals surface area contributed by atoms with Crippen LogP contribution in [0.2, 0.25) is 0 Å². The largest absolute Gasteiger partial charge is 0.325 e. The summed E-state index contributed by atoms with van der Waals surface area (Å²) < 4.78 is 0. The summed E-state index contributed by atoms with van der Waals surface area (Å²) in [6, 6.07) is 7.47. The summed E-state index contributed by atoms with van der Waals surface area (Å²) in [6.45, 7) is 0. The lowest BCUT2D eigenvalue weighted by Crippen LogP contribution is -2.22. The van der Waals surface area contributed by atoms with Crippen molar-refractivity contribution in [3.8, 4) is 11.3 Å². The first-order valence-corrected chi connectivity index (χ1v) is 5.01. The first-order valence-electron chi connectivity index (χ1n) is 5.01. The Morgan fingerprint density at radius 2 is 1.94 bits per heavy atom. The second kappa shape index (κ2) is 3.44. The van der Waals surface area contributed by atoms with E-state index in [1.807, 2.05) is 24.3 Å². The molecule has 2 aromatic heterocycles. The second-order valence-electron chi connectivity index (χ2n) is 3.60. The van der Waals surface area contributed by atoms with Gasteiger partial charge in [0.1, 0.15) is 5.69 Å². The molecular weight excluding hydrogens is 220 g/mol. The molecule has 1 aromatic carbocycles. The molecule has 0 spiro atoms. The Hall–Kier alpha value is -2.63. The van der Waals surface area contributed by atoms with E-state index in [1.165, 1.54) is 6.20 Å². The Morgan fingerprint density at radius 1 is 1.12 bits per heavy atom. The highest BCUT2D eigenvalue weighted by atomic mass is 16.2. The van der Waals surface area contributed by atoms with Crippen molar-refractivity contribution in [1.29, 1.82) is 0 Å². The molecule has 0 bridgehead atoms. The molecule has 0 unspecified atom stereocenters. The van der Waals surface area contributed by atoms with Crippen LogP contribution in [0.5, 0.6) is 0 Å². The van der Waals surface area contributed by atoms with Crippen LogP contribution in [0.15, 0.2) is 40.1 Å². The number of hydrogen-bond donors (Lipinski definition) is 3. The predicted molar refractivity (Wildman–Crippen MR) is 62.8 cm³/mol. The van der Waals surface area contributed by atoms with Crippen molar-refractivity contribution in [2.24, 2.45) is 0 Å². The maximum absolute atomic E-state index is 11.7. The molecule has 17 heavy (non-hydrogen) atoms. The summed E-state index contributed by atoms with van der Waals surface area (Å²) >= 11 is 0. The fourth-order valence-electron chi connectivity index (χ4n) is 1.75. The lowest BCUT2D eigenvalue weighted by atomic mass is 10.1. The summed E-state index contributed by atoms with van der Waals surface area (Å²) in [6.07, 6.45) is 1.36. The van der Waals surface area contributed by atoms with E-state index in [0.717, 1.165) is 10.9 Å². The monoisotopic (exact) mass is 228 g/mol. The number of rotatable bonds is 1. The highest BCUT2D eigenvalue weighted by molar-refractivity contribution is 5.92. The van der Waals surface area contributed by atoms with Gasteiger partial charge >= 0.3 is 5.69 Å². The summed E-state index contributed by atoms with van der Waals surface area (Å²) in [5.74, 6) is 0. The third-order valence-corrected chi connectivity index (χ3v) is 2.54. The van der Waals surface area contributed by atoms with Crippen LogP contribution < -0.4 is 11.2 Å². The van der Waals surface area contributed by atoms with Crippen molar-refractivity contribution in [2.75, 3.05) is 0 Å². The van der Waals surface area contributed by atoms with E-state index in [2.05, 4.69) is 20.2 Å². The van der Waals surface area contributed by atoms with Crippen molar-refractivity contribution < 1.29 is 0 Å². The first kappa shape index (κ1) is 9.59. The standard InChI is InChI=1S/C11H8N4O2/c16-10-7(5-12-11(17)13-10)9-6-3-1-2-4-8(6)14-15-9/h1-5H,(H,14,15)(H2,12,13,16,17). The molecule has 0 atom stereocenters. The molecular formula is C11H8N4O2. The van der Waals surface area contributed by atoms with Crippen LogP contribution in [0.4, 0.5) is 0 Å². The van der Waals surface area contributed by atoms with Gasteiger partial charge in [-0.2, -0.15) is 5.10 Å². The number of para-hydroxylation sites is 1. The number of benzene rings is 1. The van der Waals surface area contributed by atoms with Gasteiger partial charge in [0.15, 0.2) is 0 Å². The predicted octanol–water partition coefficient (Wildman–Crippen LogP) is 0.607. The molecule has 0 aliphatic rings. The van der Waals surface area contributed by atoms with Gasteiger partial charge in [0.25, 0.3) is 5.56 Å². The summed E-state index contributed by atoms with van der Waals surface area (Å²) in [7, 11) is 0. The zero-order valence-electron chi connectivity index (χ0n) is 8.65. The Balaban J connectivity index is 2.35. The summed E-state index contributed by atoms with van der Waals surface area (Å²) in [4.78, 5) is 27.2. The van der Waals surface area contributed by atoms with Crippen molar-refractivity contribution >= 4 is 10.9 Å². The molecule has 3 rings (SSSR count). The minimum atomic E-state index is -0.529. The van der Waals surface area contributed by atoms with Gasteiger partial charge in [0.2, 0.25) is 0 Å². The highest BCUT2D eigenvalue weighted by Gasteiger charge is 2.10. The van der Waals surface area contributed by atoms with Gasteiger partial charge in [-0.1, -0.05) is 18.2 Å². The van der Waals surface area contributed by atoms with Gasteiger partial charge in [-0.05, 0) is 6.07 Å². The number of aromatic amines is 3. The van der Waals surface area contributed by atoms with Gasteiger partial charge in [-0.3, -0.25) is 14.9 Å². The van der Waals surface area contributed by atoms with Crippen LogP contribution in [0.25, 0.3) is 22.2 Å². The van der Waals surface area contributed by atoms with E-state index in [0.29, 0.717) is 11.3 Å². The van der Waals surface area contributed by atoms with E-state index >= 15 is 0 Å². The molecule has 0 aliphatic heterocycles. The van der Waals surface area contributed by atoms with Crippen LogP contribution in [0.1, 0.15) is 0 Å². The van der Waals surface area contributed by atoms with Gasteiger partial charge < -0.3 is 4.98 Å². The molecule has 0 amide bonds. The lowest BCUT2D eigenvalue weighted by molar-refractivity contribution is 1.03. The van der Waals surface area contributed by atoms with Crippen LogP contribution in [0, 0.1) is 0 Å². The fourth-order valence-corrected chi connectivity index (χ4v) is 1.75. The smallest absolute Gasteiger partial charge is 0.313 e. The SMILES string of the molecule is O=c1[nH]cc(-c2n[nH]c3ccccc23)c(=O)[nH]1. The number of hydrogen-bond acceptors (Lipinski definition) is 3. The van der Waals surface area contributed by atoms with Crippen molar-refractivity contribution in [2.45, 2.75) is 0 Å². The third kappa shape index (κ3) is 1.46.